The predicted octanol–water partition coefficient (Wildman–Crippen LogP) is 4.61. The van der Waals surface area contributed by atoms with Gasteiger partial charge in [-0.05, 0) is 70.0 Å². The smallest absolute Gasteiger partial charge is 0.258 e. The SMILES string of the molecule is NC(=O)COc1ccc(-c2noc(-c3cccc(COc4ccccc4Br)c3)n2)cc1. The molecule has 0 fully saturated rings. The van der Waals surface area contributed by atoms with Crippen LogP contribution < -0.4 is 15.2 Å². The van der Waals surface area contributed by atoms with E-state index in [0.717, 1.165) is 26.9 Å². The van der Waals surface area contributed by atoms with Gasteiger partial charge in [-0.2, -0.15) is 4.98 Å². The summed E-state index contributed by atoms with van der Waals surface area (Å²) in [6.07, 6.45) is 0. The summed E-state index contributed by atoms with van der Waals surface area (Å²) in [5.41, 5.74) is 7.61. The van der Waals surface area contributed by atoms with E-state index in [2.05, 4.69) is 26.1 Å². The van der Waals surface area contributed by atoms with Gasteiger partial charge in [0.15, 0.2) is 6.61 Å². The summed E-state index contributed by atoms with van der Waals surface area (Å²) in [6, 6.07) is 22.5. The molecule has 0 aliphatic heterocycles. The Labute approximate surface area is 186 Å². The van der Waals surface area contributed by atoms with Crippen molar-refractivity contribution in [3.63, 3.8) is 0 Å². The molecule has 0 radical (unpaired) electrons. The van der Waals surface area contributed by atoms with Crippen molar-refractivity contribution in [2.24, 2.45) is 5.73 Å². The van der Waals surface area contributed by atoms with Crippen molar-refractivity contribution in [3.05, 3.63) is 82.8 Å². The van der Waals surface area contributed by atoms with E-state index >= 15 is 0 Å². The van der Waals surface area contributed by atoms with E-state index in [-0.39, 0.29) is 6.61 Å². The molecular formula is C23H18BrN3O4. The third-order valence-electron chi connectivity index (χ3n) is 4.32. The maximum atomic E-state index is 10.8. The van der Waals surface area contributed by atoms with Gasteiger partial charge in [-0.1, -0.05) is 29.4 Å². The molecule has 31 heavy (non-hydrogen) atoms. The Morgan fingerprint density at radius 3 is 2.55 bits per heavy atom. The zero-order chi connectivity index (χ0) is 21.6. The second-order valence-corrected chi connectivity index (χ2v) is 7.48. The average Bonchev–Trinajstić information content (AvgIpc) is 3.28. The number of hydrogen-bond donors (Lipinski definition) is 1. The molecule has 0 atom stereocenters. The fourth-order valence-corrected chi connectivity index (χ4v) is 3.23. The highest BCUT2D eigenvalue weighted by molar-refractivity contribution is 9.10. The van der Waals surface area contributed by atoms with Crippen LogP contribution in [0.15, 0.2) is 81.8 Å². The van der Waals surface area contributed by atoms with Crippen LogP contribution in [-0.2, 0) is 11.4 Å². The van der Waals surface area contributed by atoms with E-state index in [1.165, 1.54) is 0 Å². The third kappa shape index (κ3) is 5.29. The predicted molar refractivity (Wildman–Crippen MR) is 118 cm³/mol. The Hall–Kier alpha value is -3.65. The number of halogens is 1. The molecule has 7 nitrogen and oxygen atoms in total. The van der Waals surface area contributed by atoms with Gasteiger partial charge >= 0.3 is 0 Å². The van der Waals surface area contributed by atoms with Gasteiger partial charge in [0.2, 0.25) is 5.82 Å². The largest absolute Gasteiger partial charge is 0.488 e. The topological polar surface area (TPSA) is 100 Å². The van der Waals surface area contributed by atoms with Crippen LogP contribution in [0.1, 0.15) is 5.56 Å². The number of para-hydroxylation sites is 1. The minimum absolute atomic E-state index is 0.174. The lowest BCUT2D eigenvalue weighted by Gasteiger charge is -2.08. The first-order valence-electron chi connectivity index (χ1n) is 9.40. The number of carbonyl (C=O) groups is 1. The van der Waals surface area contributed by atoms with Crippen LogP contribution >= 0.6 is 15.9 Å². The summed E-state index contributed by atoms with van der Waals surface area (Å²) in [7, 11) is 0. The molecule has 156 valence electrons. The van der Waals surface area contributed by atoms with Crippen LogP contribution in [-0.4, -0.2) is 22.7 Å². The first-order valence-corrected chi connectivity index (χ1v) is 10.2. The molecule has 1 heterocycles. The molecular weight excluding hydrogens is 462 g/mol. The molecule has 0 unspecified atom stereocenters. The zero-order valence-electron chi connectivity index (χ0n) is 16.3. The molecule has 0 spiro atoms. The van der Waals surface area contributed by atoms with E-state index in [0.29, 0.717) is 24.1 Å². The standard InChI is InChI=1S/C23H18BrN3O4/c24-19-6-1-2-7-20(19)30-13-15-4-3-5-17(12-15)23-26-22(27-31-23)16-8-10-18(11-9-16)29-14-21(25)28/h1-12H,13-14H2,(H2,25,28). The van der Waals surface area contributed by atoms with Crippen LogP contribution in [0, 0.1) is 0 Å². The van der Waals surface area contributed by atoms with Crippen molar-refractivity contribution in [2.45, 2.75) is 6.61 Å². The fraction of sp³-hybridized carbons (Fsp3) is 0.0870. The number of benzene rings is 3. The van der Waals surface area contributed by atoms with Crippen LogP contribution in [0.2, 0.25) is 0 Å². The van der Waals surface area contributed by atoms with Gasteiger partial charge < -0.3 is 19.7 Å². The number of carbonyl (C=O) groups excluding carboxylic acids is 1. The second-order valence-electron chi connectivity index (χ2n) is 6.62. The summed E-state index contributed by atoms with van der Waals surface area (Å²) in [6.45, 7) is 0.233. The first kappa shape index (κ1) is 20.6. The molecule has 0 bridgehead atoms. The van der Waals surface area contributed by atoms with Gasteiger partial charge in [0.1, 0.15) is 18.1 Å². The third-order valence-corrected chi connectivity index (χ3v) is 4.98. The molecule has 0 saturated carbocycles. The first-order chi connectivity index (χ1) is 15.1. The van der Waals surface area contributed by atoms with Gasteiger partial charge in [-0.15, -0.1) is 0 Å². The Balaban J connectivity index is 1.46. The summed E-state index contributed by atoms with van der Waals surface area (Å²) in [5, 5.41) is 4.06. The average molecular weight is 480 g/mol. The molecule has 4 aromatic rings. The number of nitrogens with zero attached hydrogens (tertiary/aromatic N) is 2. The lowest BCUT2D eigenvalue weighted by Crippen LogP contribution is -2.19. The van der Waals surface area contributed by atoms with Crippen LogP contribution in [0.4, 0.5) is 0 Å². The summed E-state index contributed by atoms with van der Waals surface area (Å²) >= 11 is 3.48. The summed E-state index contributed by atoms with van der Waals surface area (Å²) in [5.74, 6) is 1.63. The van der Waals surface area contributed by atoms with Gasteiger partial charge in [0.25, 0.3) is 11.8 Å². The highest BCUT2D eigenvalue weighted by Gasteiger charge is 2.12. The molecule has 4 rings (SSSR count). The highest BCUT2D eigenvalue weighted by Crippen LogP contribution is 2.27. The van der Waals surface area contributed by atoms with Gasteiger partial charge in [0.05, 0.1) is 4.47 Å². The molecule has 1 aromatic heterocycles. The Bertz CT molecular complexity index is 1190. The van der Waals surface area contributed by atoms with Crippen molar-refractivity contribution in [1.82, 2.24) is 10.1 Å². The van der Waals surface area contributed by atoms with Crippen molar-refractivity contribution in [3.8, 4) is 34.3 Å². The van der Waals surface area contributed by atoms with E-state index in [4.69, 9.17) is 19.7 Å². The minimum atomic E-state index is -0.532. The van der Waals surface area contributed by atoms with Crippen LogP contribution in [0.5, 0.6) is 11.5 Å². The number of ether oxygens (including phenoxy) is 2. The zero-order valence-corrected chi connectivity index (χ0v) is 17.9. The monoisotopic (exact) mass is 479 g/mol. The fourth-order valence-electron chi connectivity index (χ4n) is 2.83. The minimum Gasteiger partial charge on any atom is -0.488 e. The number of hydrogen-bond acceptors (Lipinski definition) is 6. The maximum Gasteiger partial charge on any atom is 0.258 e. The van der Waals surface area contributed by atoms with Gasteiger partial charge in [0, 0.05) is 11.1 Å². The number of aromatic nitrogens is 2. The molecule has 8 heteroatoms. The molecule has 2 N–H and O–H groups in total. The molecule has 0 aliphatic rings. The molecule has 3 aromatic carbocycles. The Morgan fingerprint density at radius 1 is 0.968 bits per heavy atom. The van der Waals surface area contributed by atoms with Gasteiger partial charge in [-0.25, -0.2) is 0 Å². The number of primary amides is 1. The van der Waals surface area contributed by atoms with Crippen molar-refractivity contribution in [2.75, 3.05) is 6.61 Å². The molecule has 0 aliphatic carbocycles. The normalized spacial score (nSPS) is 10.6. The van der Waals surface area contributed by atoms with E-state index in [9.17, 15) is 4.79 Å². The lowest BCUT2D eigenvalue weighted by molar-refractivity contribution is -0.119. The summed E-state index contributed by atoms with van der Waals surface area (Å²) < 4.78 is 17.5. The molecule has 0 saturated heterocycles. The second kappa shape index (κ2) is 9.44. The van der Waals surface area contributed by atoms with Crippen molar-refractivity contribution >= 4 is 21.8 Å². The maximum absolute atomic E-state index is 10.8. The van der Waals surface area contributed by atoms with Crippen LogP contribution in [0.3, 0.4) is 0 Å². The quantitative estimate of drug-likeness (QED) is 0.396. The summed E-state index contributed by atoms with van der Waals surface area (Å²) in [4.78, 5) is 15.3. The van der Waals surface area contributed by atoms with E-state index < -0.39 is 5.91 Å². The number of rotatable bonds is 8. The van der Waals surface area contributed by atoms with Crippen molar-refractivity contribution in [1.29, 1.82) is 0 Å². The number of nitrogens with two attached hydrogens (primary N) is 1. The highest BCUT2D eigenvalue weighted by atomic mass is 79.9. The number of amides is 1. The Morgan fingerprint density at radius 2 is 1.77 bits per heavy atom. The Kier molecular flexibility index (Phi) is 6.28. The van der Waals surface area contributed by atoms with Crippen LogP contribution in [0.25, 0.3) is 22.8 Å². The van der Waals surface area contributed by atoms with E-state index in [1.54, 1.807) is 24.3 Å². The lowest BCUT2D eigenvalue weighted by atomic mass is 10.1. The van der Waals surface area contributed by atoms with E-state index in [1.807, 2.05) is 48.5 Å². The molecule has 1 amide bonds. The van der Waals surface area contributed by atoms with Crippen molar-refractivity contribution < 1.29 is 18.8 Å². The van der Waals surface area contributed by atoms with Gasteiger partial charge in [-0.3, -0.25) is 4.79 Å².